The van der Waals surface area contributed by atoms with Crippen LogP contribution in [0.2, 0.25) is 0 Å². The first-order valence-corrected chi connectivity index (χ1v) is 10.6. The van der Waals surface area contributed by atoms with E-state index >= 15 is 0 Å². The number of fused-ring (bicyclic) bond motifs is 1. The van der Waals surface area contributed by atoms with E-state index in [1.54, 1.807) is 0 Å². The van der Waals surface area contributed by atoms with Crippen LogP contribution < -0.4 is 10.1 Å². The summed E-state index contributed by atoms with van der Waals surface area (Å²) >= 11 is 0. The molecule has 27 heavy (non-hydrogen) atoms. The molecule has 148 valence electrons. The Morgan fingerprint density at radius 1 is 1.07 bits per heavy atom. The first kappa shape index (κ1) is 18.8. The largest absolute Gasteiger partial charge is 0.484 e. The molecule has 5 nitrogen and oxygen atoms in total. The van der Waals surface area contributed by atoms with Gasteiger partial charge < -0.3 is 15.2 Å². The molecule has 1 aromatic rings. The van der Waals surface area contributed by atoms with Crippen molar-refractivity contribution in [1.29, 1.82) is 0 Å². The number of likely N-dealkylation sites (tertiary alicyclic amines) is 1. The van der Waals surface area contributed by atoms with E-state index in [4.69, 9.17) is 4.74 Å². The monoisotopic (exact) mass is 372 g/mol. The van der Waals surface area contributed by atoms with E-state index in [-0.39, 0.29) is 24.7 Å². The minimum atomic E-state index is -0.175. The van der Waals surface area contributed by atoms with Crippen molar-refractivity contribution in [3.05, 3.63) is 29.3 Å². The van der Waals surface area contributed by atoms with Crippen LogP contribution in [0.3, 0.4) is 0 Å². The van der Waals surface area contributed by atoms with Crippen molar-refractivity contribution < 1.29 is 14.6 Å². The third-order valence-corrected chi connectivity index (χ3v) is 6.50. The number of ether oxygens (including phenoxy) is 1. The minimum absolute atomic E-state index is 0.0355. The highest BCUT2D eigenvalue weighted by Gasteiger charge is 2.31. The molecule has 0 bridgehead atoms. The summed E-state index contributed by atoms with van der Waals surface area (Å²) in [5, 5.41) is 13.4. The maximum Gasteiger partial charge on any atom is 0.258 e. The molecule has 2 N–H and O–H groups in total. The molecule has 0 unspecified atom stereocenters. The van der Waals surface area contributed by atoms with Crippen LogP contribution in [-0.2, 0) is 17.6 Å². The van der Waals surface area contributed by atoms with Crippen molar-refractivity contribution in [3.8, 4) is 5.75 Å². The minimum Gasteiger partial charge on any atom is -0.484 e. The van der Waals surface area contributed by atoms with Crippen molar-refractivity contribution in [1.82, 2.24) is 10.2 Å². The second-order valence-electron chi connectivity index (χ2n) is 8.37. The second kappa shape index (κ2) is 8.61. The predicted octanol–water partition coefficient (Wildman–Crippen LogP) is 2.44. The van der Waals surface area contributed by atoms with E-state index in [1.165, 1.54) is 24.0 Å². The zero-order valence-corrected chi connectivity index (χ0v) is 16.2. The molecular weight excluding hydrogens is 340 g/mol. The van der Waals surface area contributed by atoms with Crippen molar-refractivity contribution in [2.45, 2.75) is 76.0 Å². The molecule has 4 rings (SSSR count). The van der Waals surface area contributed by atoms with Gasteiger partial charge in [-0.25, -0.2) is 0 Å². The molecule has 3 aliphatic rings. The molecule has 1 aliphatic heterocycles. The lowest BCUT2D eigenvalue weighted by Gasteiger charge is -2.41. The SMILES string of the molecule is O=C(COc1ccc2c(c1)CCC2)NC1CCN([C@H]2CCCC[C@@H]2O)CC1. The summed E-state index contributed by atoms with van der Waals surface area (Å²) in [5.41, 5.74) is 2.78. The van der Waals surface area contributed by atoms with Gasteiger partial charge in [0, 0.05) is 25.2 Å². The quantitative estimate of drug-likeness (QED) is 0.833. The molecule has 5 heteroatoms. The lowest BCUT2D eigenvalue weighted by atomic mass is 9.89. The molecule has 2 aliphatic carbocycles. The Morgan fingerprint density at radius 2 is 1.85 bits per heavy atom. The van der Waals surface area contributed by atoms with Crippen molar-refractivity contribution >= 4 is 5.91 Å². The zero-order valence-electron chi connectivity index (χ0n) is 16.2. The Balaban J connectivity index is 1.19. The molecular formula is C22H32N2O3. The summed E-state index contributed by atoms with van der Waals surface area (Å²) in [4.78, 5) is 14.7. The van der Waals surface area contributed by atoms with Crippen molar-refractivity contribution in [3.63, 3.8) is 0 Å². The molecule has 0 spiro atoms. The lowest BCUT2D eigenvalue weighted by Crippen LogP contribution is -2.52. The van der Waals surface area contributed by atoms with Crippen LogP contribution in [0.1, 0.15) is 56.1 Å². The Bertz CT molecular complexity index is 655. The molecule has 0 aromatic heterocycles. The molecule has 1 amide bonds. The van der Waals surface area contributed by atoms with Gasteiger partial charge in [0.1, 0.15) is 5.75 Å². The van der Waals surface area contributed by atoms with Crippen LogP contribution in [0.5, 0.6) is 5.75 Å². The number of nitrogens with zero attached hydrogens (tertiary/aromatic N) is 1. The first-order valence-electron chi connectivity index (χ1n) is 10.6. The maximum absolute atomic E-state index is 12.3. The smallest absolute Gasteiger partial charge is 0.258 e. The molecule has 1 saturated carbocycles. The number of amides is 1. The fourth-order valence-corrected chi connectivity index (χ4v) is 4.95. The standard InChI is InChI=1S/C22H32N2O3/c25-21-7-2-1-6-20(21)24-12-10-18(11-13-24)23-22(26)15-27-19-9-8-16-4-3-5-17(16)14-19/h8-9,14,18,20-21,25H,1-7,10-13,15H2,(H,23,26)/t20-,21-/m0/s1. The number of hydrogen-bond acceptors (Lipinski definition) is 4. The van der Waals surface area contributed by atoms with Crippen LogP contribution >= 0.6 is 0 Å². The third kappa shape index (κ3) is 4.64. The summed E-state index contributed by atoms with van der Waals surface area (Å²) in [5.74, 6) is 0.763. The van der Waals surface area contributed by atoms with Crippen LogP contribution in [-0.4, -0.2) is 53.8 Å². The van der Waals surface area contributed by atoms with Gasteiger partial charge in [-0.05, 0) is 68.2 Å². The van der Waals surface area contributed by atoms with Gasteiger partial charge in [-0.2, -0.15) is 0 Å². The summed E-state index contributed by atoms with van der Waals surface area (Å²) in [6.07, 6.45) is 9.63. The van der Waals surface area contributed by atoms with Gasteiger partial charge in [-0.3, -0.25) is 9.69 Å². The lowest BCUT2D eigenvalue weighted by molar-refractivity contribution is -0.124. The fourth-order valence-electron chi connectivity index (χ4n) is 4.95. The van der Waals surface area contributed by atoms with Gasteiger partial charge in [-0.1, -0.05) is 18.9 Å². The van der Waals surface area contributed by atoms with E-state index in [0.29, 0.717) is 6.04 Å². The van der Waals surface area contributed by atoms with E-state index in [1.807, 2.05) is 6.07 Å². The highest BCUT2D eigenvalue weighted by molar-refractivity contribution is 5.77. The van der Waals surface area contributed by atoms with E-state index in [0.717, 1.165) is 63.8 Å². The second-order valence-corrected chi connectivity index (χ2v) is 8.37. The highest BCUT2D eigenvalue weighted by Crippen LogP contribution is 2.27. The van der Waals surface area contributed by atoms with E-state index in [9.17, 15) is 9.90 Å². The maximum atomic E-state index is 12.3. The summed E-state index contributed by atoms with van der Waals surface area (Å²) in [7, 11) is 0. The number of hydrogen-bond donors (Lipinski definition) is 2. The molecule has 1 saturated heterocycles. The first-order chi connectivity index (χ1) is 13.2. The van der Waals surface area contributed by atoms with Gasteiger partial charge in [-0.15, -0.1) is 0 Å². The van der Waals surface area contributed by atoms with Crippen LogP contribution in [0.4, 0.5) is 0 Å². The highest BCUT2D eigenvalue weighted by atomic mass is 16.5. The Kier molecular flexibility index (Phi) is 5.98. The van der Waals surface area contributed by atoms with E-state index in [2.05, 4.69) is 22.3 Å². The fraction of sp³-hybridized carbons (Fsp3) is 0.682. The molecule has 1 aromatic carbocycles. The molecule has 0 radical (unpaired) electrons. The van der Waals surface area contributed by atoms with Crippen LogP contribution in [0.25, 0.3) is 0 Å². The van der Waals surface area contributed by atoms with Crippen molar-refractivity contribution in [2.24, 2.45) is 0 Å². The van der Waals surface area contributed by atoms with Gasteiger partial charge in [0.2, 0.25) is 0 Å². The summed E-state index contributed by atoms with van der Waals surface area (Å²) in [6, 6.07) is 6.73. The number of carbonyl (C=O) groups is 1. The van der Waals surface area contributed by atoms with Gasteiger partial charge in [0.15, 0.2) is 6.61 Å². The number of aliphatic hydroxyl groups excluding tert-OH is 1. The third-order valence-electron chi connectivity index (χ3n) is 6.50. The van der Waals surface area contributed by atoms with Crippen LogP contribution in [0, 0.1) is 0 Å². The predicted molar refractivity (Wildman–Crippen MR) is 105 cm³/mol. The molecule has 1 heterocycles. The molecule has 2 fully saturated rings. The Morgan fingerprint density at radius 3 is 2.67 bits per heavy atom. The van der Waals surface area contributed by atoms with Gasteiger partial charge in [0.25, 0.3) is 5.91 Å². The Labute approximate surface area is 162 Å². The number of nitrogens with one attached hydrogen (secondary N) is 1. The Hall–Kier alpha value is -1.59. The van der Waals surface area contributed by atoms with Gasteiger partial charge in [0.05, 0.1) is 6.10 Å². The number of benzene rings is 1. The molecule has 2 atom stereocenters. The van der Waals surface area contributed by atoms with E-state index < -0.39 is 0 Å². The number of carbonyl (C=O) groups excluding carboxylic acids is 1. The normalized spacial score (nSPS) is 26.6. The average Bonchev–Trinajstić information content (AvgIpc) is 3.15. The van der Waals surface area contributed by atoms with Crippen LogP contribution in [0.15, 0.2) is 18.2 Å². The zero-order chi connectivity index (χ0) is 18.6. The number of aryl methyl sites for hydroxylation is 2. The number of aliphatic hydroxyl groups is 1. The van der Waals surface area contributed by atoms with Gasteiger partial charge >= 0.3 is 0 Å². The summed E-state index contributed by atoms with van der Waals surface area (Å²) in [6.45, 7) is 2.00. The number of rotatable bonds is 5. The van der Waals surface area contributed by atoms with Crippen molar-refractivity contribution in [2.75, 3.05) is 19.7 Å². The number of piperidine rings is 1. The average molecular weight is 373 g/mol. The topological polar surface area (TPSA) is 61.8 Å². The summed E-state index contributed by atoms with van der Waals surface area (Å²) < 4.78 is 5.71.